The molecule has 0 aromatic heterocycles. The van der Waals surface area contributed by atoms with Crippen molar-refractivity contribution in [3.8, 4) is 0 Å². The van der Waals surface area contributed by atoms with Crippen LogP contribution >= 0.6 is 0 Å². The van der Waals surface area contributed by atoms with E-state index in [-0.39, 0.29) is 12.0 Å². The molecular weight excluding hydrogens is 218 g/mol. The Hall–Kier alpha value is -0.160. The van der Waals surface area contributed by atoms with Crippen LogP contribution in [0.1, 0.15) is 27.2 Å². The monoisotopic (exact) mass is 245 g/mol. The third kappa shape index (κ3) is 4.54. The molecule has 17 heavy (non-hydrogen) atoms. The molecule has 4 nitrogen and oxygen atoms in total. The molecule has 0 radical (unpaired) electrons. The second-order valence-corrected chi connectivity index (χ2v) is 5.25. The van der Waals surface area contributed by atoms with E-state index < -0.39 is 6.10 Å². The molecule has 0 spiro atoms. The van der Waals surface area contributed by atoms with Crippen LogP contribution in [0.2, 0.25) is 0 Å². The van der Waals surface area contributed by atoms with Gasteiger partial charge in [-0.3, -0.25) is 4.90 Å². The Kier molecular flexibility index (Phi) is 6.41. The molecule has 0 aliphatic carbocycles. The highest BCUT2D eigenvalue weighted by Gasteiger charge is 2.30. The van der Waals surface area contributed by atoms with Crippen LogP contribution in [0.3, 0.4) is 0 Å². The number of ether oxygens (including phenoxy) is 2. The van der Waals surface area contributed by atoms with Gasteiger partial charge in [-0.2, -0.15) is 0 Å². The van der Waals surface area contributed by atoms with Gasteiger partial charge in [0.05, 0.1) is 18.8 Å². The molecule has 1 fully saturated rings. The van der Waals surface area contributed by atoms with Crippen LogP contribution in [0.4, 0.5) is 0 Å². The summed E-state index contributed by atoms with van der Waals surface area (Å²) in [6.45, 7) is 9.63. The molecule has 0 amide bonds. The van der Waals surface area contributed by atoms with Gasteiger partial charge in [0.25, 0.3) is 0 Å². The maximum absolute atomic E-state index is 10.3. The topological polar surface area (TPSA) is 41.9 Å². The van der Waals surface area contributed by atoms with Crippen molar-refractivity contribution in [3.63, 3.8) is 0 Å². The molecule has 1 aliphatic heterocycles. The third-order valence-corrected chi connectivity index (χ3v) is 3.60. The van der Waals surface area contributed by atoms with Crippen molar-refractivity contribution in [1.82, 2.24) is 4.90 Å². The number of methoxy groups -OCH3 is 1. The van der Waals surface area contributed by atoms with E-state index >= 15 is 0 Å². The quantitative estimate of drug-likeness (QED) is 0.762. The second kappa shape index (κ2) is 7.31. The Morgan fingerprint density at radius 2 is 2.12 bits per heavy atom. The normalized spacial score (nSPS) is 26.1. The third-order valence-electron chi connectivity index (χ3n) is 3.60. The van der Waals surface area contributed by atoms with Crippen molar-refractivity contribution in [2.24, 2.45) is 5.92 Å². The minimum Gasteiger partial charge on any atom is -0.390 e. The van der Waals surface area contributed by atoms with Crippen LogP contribution in [-0.2, 0) is 9.47 Å². The van der Waals surface area contributed by atoms with Crippen molar-refractivity contribution in [2.45, 2.75) is 45.4 Å². The van der Waals surface area contributed by atoms with E-state index in [4.69, 9.17) is 9.47 Å². The van der Waals surface area contributed by atoms with Crippen molar-refractivity contribution in [3.05, 3.63) is 0 Å². The first-order valence-electron chi connectivity index (χ1n) is 6.59. The fraction of sp³-hybridized carbons (Fsp3) is 1.00. The summed E-state index contributed by atoms with van der Waals surface area (Å²) < 4.78 is 10.7. The number of nitrogens with zero attached hydrogens (tertiary/aromatic N) is 1. The van der Waals surface area contributed by atoms with Gasteiger partial charge in [0.15, 0.2) is 0 Å². The molecule has 102 valence electrons. The number of rotatable bonds is 6. The van der Waals surface area contributed by atoms with E-state index in [1.165, 1.54) is 0 Å². The van der Waals surface area contributed by atoms with Crippen LogP contribution in [0.25, 0.3) is 0 Å². The van der Waals surface area contributed by atoms with Crippen LogP contribution in [-0.4, -0.2) is 61.7 Å². The Morgan fingerprint density at radius 3 is 2.71 bits per heavy atom. The van der Waals surface area contributed by atoms with Gasteiger partial charge in [-0.15, -0.1) is 0 Å². The fourth-order valence-electron chi connectivity index (χ4n) is 2.21. The van der Waals surface area contributed by atoms with Gasteiger partial charge in [0.2, 0.25) is 0 Å². The van der Waals surface area contributed by atoms with Gasteiger partial charge >= 0.3 is 0 Å². The van der Waals surface area contributed by atoms with Crippen LogP contribution in [0.15, 0.2) is 0 Å². The van der Waals surface area contributed by atoms with Crippen molar-refractivity contribution < 1.29 is 14.6 Å². The summed E-state index contributed by atoms with van der Waals surface area (Å²) in [4.78, 5) is 2.36. The minimum atomic E-state index is -0.397. The zero-order valence-corrected chi connectivity index (χ0v) is 11.6. The number of morpholine rings is 1. The lowest BCUT2D eigenvalue weighted by atomic mass is 9.95. The first-order valence-corrected chi connectivity index (χ1v) is 6.59. The van der Waals surface area contributed by atoms with Crippen LogP contribution < -0.4 is 0 Å². The lowest BCUT2D eigenvalue weighted by molar-refractivity contribution is -0.111. The van der Waals surface area contributed by atoms with E-state index in [0.29, 0.717) is 12.6 Å². The molecule has 1 N–H and O–H groups in total. The summed E-state index contributed by atoms with van der Waals surface area (Å²) in [5.41, 5.74) is 0. The summed E-state index contributed by atoms with van der Waals surface area (Å²) in [6, 6.07) is 0.517. The SMILES string of the molecule is COCCC(C)C(O)C1CN(C(C)C)CCO1. The highest BCUT2D eigenvalue weighted by atomic mass is 16.5. The molecule has 1 rings (SSSR count). The van der Waals surface area contributed by atoms with Crippen molar-refractivity contribution in [1.29, 1.82) is 0 Å². The highest BCUT2D eigenvalue weighted by Crippen LogP contribution is 2.18. The van der Waals surface area contributed by atoms with Gasteiger partial charge in [-0.1, -0.05) is 6.92 Å². The van der Waals surface area contributed by atoms with E-state index in [1.807, 2.05) is 0 Å². The number of aliphatic hydroxyl groups is 1. The Morgan fingerprint density at radius 1 is 1.41 bits per heavy atom. The van der Waals surface area contributed by atoms with Gasteiger partial charge in [0, 0.05) is 32.8 Å². The smallest absolute Gasteiger partial charge is 0.0963 e. The highest BCUT2D eigenvalue weighted by molar-refractivity contribution is 4.82. The summed E-state index contributed by atoms with van der Waals surface area (Å²) >= 11 is 0. The van der Waals surface area contributed by atoms with E-state index in [1.54, 1.807) is 7.11 Å². The van der Waals surface area contributed by atoms with Gasteiger partial charge < -0.3 is 14.6 Å². The Balaban J connectivity index is 2.42. The summed E-state index contributed by atoms with van der Waals surface area (Å²) in [5, 5.41) is 10.3. The molecular formula is C13H27NO3. The molecule has 3 atom stereocenters. The first-order chi connectivity index (χ1) is 8.06. The Bertz CT molecular complexity index is 211. The van der Waals surface area contributed by atoms with E-state index in [0.717, 1.165) is 26.1 Å². The second-order valence-electron chi connectivity index (χ2n) is 5.25. The molecule has 1 saturated heterocycles. The van der Waals surface area contributed by atoms with E-state index in [2.05, 4.69) is 25.7 Å². The lowest BCUT2D eigenvalue weighted by Gasteiger charge is -2.38. The van der Waals surface area contributed by atoms with Gasteiger partial charge in [0.1, 0.15) is 0 Å². The molecule has 0 saturated carbocycles. The van der Waals surface area contributed by atoms with Crippen LogP contribution in [0, 0.1) is 5.92 Å². The average Bonchev–Trinajstić information content (AvgIpc) is 2.35. The molecule has 4 heteroatoms. The zero-order valence-electron chi connectivity index (χ0n) is 11.6. The van der Waals surface area contributed by atoms with Crippen LogP contribution in [0.5, 0.6) is 0 Å². The minimum absolute atomic E-state index is 0.0574. The first kappa shape index (κ1) is 14.9. The molecule has 0 aromatic carbocycles. The van der Waals surface area contributed by atoms with Gasteiger partial charge in [-0.05, 0) is 26.2 Å². The zero-order chi connectivity index (χ0) is 12.8. The summed E-state index contributed by atoms with van der Waals surface area (Å²) in [6.07, 6.45) is 0.420. The Labute approximate surface area is 105 Å². The maximum Gasteiger partial charge on any atom is 0.0963 e. The number of aliphatic hydroxyl groups excluding tert-OH is 1. The molecule has 0 bridgehead atoms. The molecule has 1 heterocycles. The maximum atomic E-state index is 10.3. The fourth-order valence-corrected chi connectivity index (χ4v) is 2.21. The molecule has 1 aliphatic rings. The summed E-state index contributed by atoms with van der Waals surface area (Å²) in [5.74, 6) is 0.215. The standard InChI is InChI=1S/C13H27NO3/c1-10(2)14-6-8-17-12(9-14)13(15)11(3)5-7-16-4/h10-13,15H,5-9H2,1-4H3. The average molecular weight is 245 g/mol. The number of hydrogen-bond donors (Lipinski definition) is 1. The predicted octanol–water partition coefficient (Wildman–Crippen LogP) is 1.13. The largest absolute Gasteiger partial charge is 0.390 e. The number of hydrogen-bond acceptors (Lipinski definition) is 4. The lowest BCUT2D eigenvalue weighted by Crippen LogP contribution is -2.51. The van der Waals surface area contributed by atoms with E-state index in [9.17, 15) is 5.11 Å². The molecule has 3 unspecified atom stereocenters. The van der Waals surface area contributed by atoms with Gasteiger partial charge in [-0.25, -0.2) is 0 Å². The molecule has 0 aromatic rings. The summed E-state index contributed by atoms with van der Waals surface area (Å²) in [7, 11) is 1.69. The predicted molar refractivity (Wildman–Crippen MR) is 68.1 cm³/mol. The van der Waals surface area contributed by atoms with Crippen molar-refractivity contribution >= 4 is 0 Å². The van der Waals surface area contributed by atoms with Crippen molar-refractivity contribution in [2.75, 3.05) is 33.4 Å².